The Morgan fingerprint density at radius 1 is 0.500 bits per heavy atom. The average molecular weight is 820 g/mol. The Bertz CT molecular complexity index is 1000. The number of carboxylic acid groups (broad SMARTS) is 1. The summed E-state index contributed by atoms with van der Waals surface area (Å²) in [5.41, 5.74) is 0. The number of aliphatic carboxylic acids is 1. The molecule has 0 aromatic heterocycles. The Hall–Kier alpha value is -2.19. The first kappa shape index (κ1) is 55.8. The second-order valence-corrected chi connectivity index (χ2v) is 17.7. The lowest BCUT2D eigenvalue weighted by atomic mass is 10.1. The number of esters is 2. The molecule has 0 saturated heterocycles. The smallest absolute Gasteiger partial charge is 0.306 e. The van der Waals surface area contributed by atoms with E-state index in [9.17, 15) is 19.5 Å². The maximum atomic E-state index is 12.7. The van der Waals surface area contributed by atoms with Crippen molar-refractivity contribution in [2.75, 3.05) is 41.0 Å². The van der Waals surface area contributed by atoms with Gasteiger partial charge in [0.1, 0.15) is 12.6 Å². The van der Waals surface area contributed by atoms with E-state index in [0.717, 1.165) is 38.5 Å². The third-order valence-corrected chi connectivity index (χ3v) is 11.1. The lowest BCUT2D eigenvalue weighted by Crippen LogP contribution is -2.55. The summed E-state index contributed by atoms with van der Waals surface area (Å²) in [6.07, 6.45) is 46.3. The normalized spacial score (nSPS) is 13.1. The van der Waals surface area contributed by atoms with Crippen LogP contribution in [0.5, 0.6) is 0 Å². The number of carbonyl (C=O) groups is 3. The summed E-state index contributed by atoms with van der Waals surface area (Å²) in [4.78, 5) is 36.9. The van der Waals surface area contributed by atoms with Crippen LogP contribution in [0.1, 0.15) is 226 Å². The molecule has 58 heavy (non-hydrogen) atoms. The molecule has 0 saturated carbocycles. The Kier molecular flexibility index (Phi) is 40.0. The molecule has 0 aromatic rings. The number of nitrogens with zero attached hydrogens (tertiary/aromatic N) is 1. The van der Waals surface area contributed by atoms with E-state index >= 15 is 0 Å². The van der Waals surface area contributed by atoms with Gasteiger partial charge >= 0.3 is 11.9 Å². The zero-order valence-electron chi connectivity index (χ0n) is 38.7. The minimum Gasteiger partial charge on any atom is -0.544 e. The molecule has 0 radical (unpaired) electrons. The van der Waals surface area contributed by atoms with Gasteiger partial charge in [0.15, 0.2) is 6.10 Å². The molecular weight excluding hydrogens is 727 g/mol. The number of carbonyl (C=O) groups excluding carboxylic acids is 3. The molecular formula is C50H93NO7. The van der Waals surface area contributed by atoms with Crippen LogP contribution in [0.25, 0.3) is 0 Å². The van der Waals surface area contributed by atoms with Crippen molar-refractivity contribution in [3.05, 3.63) is 24.3 Å². The average Bonchev–Trinajstić information content (AvgIpc) is 3.18. The Morgan fingerprint density at radius 2 is 0.862 bits per heavy atom. The van der Waals surface area contributed by atoms with Gasteiger partial charge in [0.25, 0.3) is 0 Å². The summed E-state index contributed by atoms with van der Waals surface area (Å²) in [6, 6.07) is -0.725. The van der Waals surface area contributed by atoms with Crippen molar-refractivity contribution in [1.29, 1.82) is 0 Å². The first-order valence-corrected chi connectivity index (χ1v) is 24.4. The zero-order valence-corrected chi connectivity index (χ0v) is 38.7. The van der Waals surface area contributed by atoms with Gasteiger partial charge in [0, 0.05) is 19.3 Å². The summed E-state index contributed by atoms with van der Waals surface area (Å²) in [5, 5.41) is 11.6. The van der Waals surface area contributed by atoms with Crippen LogP contribution in [0.15, 0.2) is 24.3 Å². The number of ether oxygens (including phenoxy) is 3. The number of likely N-dealkylation sites (N-methyl/N-ethyl adjacent to an activating group) is 1. The first-order valence-electron chi connectivity index (χ1n) is 24.4. The van der Waals surface area contributed by atoms with Gasteiger partial charge in [-0.25, -0.2) is 0 Å². The number of allylic oxidation sites excluding steroid dienone is 4. The first-order chi connectivity index (χ1) is 28.1. The summed E-state index contributed by atoms with van der Waals surface area (Å²) in [5.74, 6) is -1.74. The van der Waals surface area contributed by atoms with Crippen molar-refractivity contribution in [3.63, 3.8) is 0 Å². The molecule has 2 unspecified atom stereocenters. The van der Waals surface area contributed by atoms with Crippen molar-refractivity contribution in [2.45, 2.75) is 238 Å². The summed E-state index contributed by atoms with van der Waals surface area (Å²) in [7, 11) is 5.41. The maximum absolute atomic E-state index is 12.7. The summed E-state index contributed by atoms with van der Waals surface area (Å²) >= 11 is 0. The van der Waals surface area contributed by atoms with Gasteiger partial charge in [-0.1, -0.05) is 167 Å². The molecule has 340 valence electrons. The summed E-state index contributed by atoms with van der Waals surface area (Å²) in [6.45, 7) is 4.66. The molecule has 8 nitrogen and oxygen atoms in total. The third kappa shape index (κ3) is 39.3. The highest BCUT2D eigenvalue weighted by molar-refractivity contribution is 5.70. The van der Waals surface area contributed by atoms with Crippen molar-refractivity contribution >= 4 is 17.9 Å². The molecule has 0 aliphatic rings. The highest BCUT2D eigenvalue weighted by Gasteiger charge is 2.25. The lowest BCUT2D eigenvalue weighted by molar-refractivity contribution is -0.889. The Morgan fingerprint density at radius 3 is 1.26 bits per heavy atom. The third-order valence-electron chi connectivity index (χ3n) is 11.1. The van der Waals surface area contributed by atoms with Gasteiger partial charge in [-0.05, 0) is 64.2 Å². The van der Waals surface area contributed by atoms with Gasteiger partial charge in [-0.15, -0.1) is 0 Å². The SMILES string of the molecule is CCCCCC/C=C/CCCCCCCCCC(=O)OC(COCCC(C(=O)[O-])[N+](C)(C)C)COC(=O)CCCCCCCCC/C=C/CCCCCCCCCC. The molecule has 2 atom stereocenters. The van der Waals surface area contributed by atoms with E-state index in [-0.39, 0.29) is 42.7 Å². The van der Waals surface area contributed by atoms with Crippen LogP contribution in [-0.4, -0.2) is 75.5 Å². The fraction of sp³-hybridized carbons (Fsp3) is 0.860. The molecule has 8 heteroatoms. The fourth-order valence-electron chi connectivity index (χ4n) is 7.24. The van der Waals surface area contributed by atoms with Crippen LogP contribution in [0.4, 0.5) is 0 Å². The van der Waals surface area contributed by atoms with Crippen LogP contribution in [0, 0.1) is 0 Å². The number of carboxylic acids is 1. The van der Waals surface area contributed by atoms with E-state index in [1.54, 1.807) is 21.1 Å². The van der Waals surface area contributed by atoms with E-state index in [2.05, 4.69) is 38.2 Å². The van der Waals surface area contributed by atoms with E-state index in [0.29, 0.717) is 12.8 Å². The number of hydrogen-bond acceptors (Lipinski definition) is 7. The van der Waals surface area contributed by atoms with Crippen molar-refractivity contribution in [2.24, 2.45) is 0 Å². The Balaban J connectivity index is 4.26. The fourth-order valence-corrected chi connectivity index (χ4v) is 7.24. The number of unbranched alkanes of at least 4 members (excludes halogenated alkanes) is 26. The van der Waals surface area contributed by atoms with Crippen molar-refractivity contribution < 1.29 is 38.2 Å². The van der Waals surface area contributed by atoms with Gasteiger partial charge in [0.05, 0.1) is 40.3 Å². The predicted molar refractivity (Wildman–Crippen MR) is 240 cm³/mol. The van der Waals surface area contributed by atoms with Crippen LogP contribution in [0.3, 0.4) is 0 Å². The quantitative estimate of drug-likeness (QED) is 0.0261. The molecule has 0 N–H and O–H groups in total. The van der Waals surface area contributed by atoms with E-state index < -0.39 is 18.1 Å². The maximum Gasteiger partial charge on any atom is 0.306 e. The number of rotatable bonds is 44. The van der Waals surface area contributed by atoms with Gasteiger partial charge in [0.2, 0.25) is 0 Å². The molecule has 0 fully saturated rings. The van der Waals surface area contributed by atoms with Crippen molar-refractivity contribution in [1.82, 2.24) is 0 Å². The van der Waals surface area contributed by atoms with Gasteiger partial charge in [-0.3, -0.25) is 9.59 Å². The van der Waals surface area contributed by atoms with Gasteiger partial charge in [-0.2, -0.15) is 0 Å². The van der Waals surface area contributed by atoms with Crippen LogP contribution in [-0.2, 0) is 28.6 Å². The van der Waals surface area contributed by atoms with Gasteiger partial charge < -0.3 is 28.6 Å². The molecule has 0 heterocycles. The number of hydrogen-bond donors (Lipinski definition) is 0. The summed E-state index contributed by atoms with van der Waals surface area (Å²) < 4.78 is 17.2. The highest BCUT2D eigenvalue weighted by Crippen LogP contribution is 2.15. The van der Waals surface area contributed by atoms with E-state index in [4.69, 9.17) is 14.2 Å². The molecule has 0 aliphatic heterocycles. The van der Waals surface area contributed by atoms with Crippen molar-refractivity contribution in [3.8, 4) is 0 Å². The second-order valence-electron chi connectivity index (χ2n) is 17.7. The minimum atomic E-state index is -1.12. The monoisotopic (exact) mass is 820 g/mol. The number of quaternary nitrogens is 1. The van der Waals surface area contributed by atoms with E-state index in [1.165, 1.54) is 154 Å². The van der Waals surface area contributed by atoms with E-state index in [1.807, 2.05) is 0 Å². The topological polar surface area (TPSA) is 102 Å². The molecule has 0 rings (SSSR count). The predicted octanol–water partition coefficient (Wildman–Crippen LogP) is 12.3. The molecule has 0 bridgehead atoms. The molecule has 0 aromatic carbocycles. The minimum absolute atomic E-state index is 0.0407. The zero-order chi connectivity index (χ0) is 42.8. The molecule has 0 amide bonds. The standard InChI is InChI=1S/C50H93NO7/c1-6-8-10-12-14-16-18-20-22-23-24-25-27-28-30-32-34-36-38-40-48(52)57-45-46(44-56-43-42-47(50(54)55)51(3,4)5)58-49(53)41-39-37-35-33-31-29-26-21-19-17-15-13-11-9-7-2/h17,19,23-24,46-47H,6-16,18,20-22,25-45H2,1-5H3/b19-17+,24-23+. The Labute approximate surface area is 358 Å². The van der Waals surface area contributed by atoms with Crippen LogP contribution < -0.4 is 5.11 Å². The lowest BCUT2D eigenvalue weighted by Gasteiger charge is -2.34. The van der Waals surface area contributed by atoms with Crippen LogP contribution in [0.2, 0.25) is 0 Å². The molecule has 0 aliphatic carbocycles. The largest absolute Gasteiger partial charge is 0.544 e. The van der Waals surface area contributed by atoms with Crippen LogP contribution >= 0.6 is 0 Å². The highest BCUT2D eigenvalue weighted by atomic mass is 16.6. The second kappa shape index (κ2) is 41.5. The molecule has 0 spiro atoms.